The molecule has 1 N–H and O–H groups in total. The lowest BCUT2D eigenvalue weighted by atomic mass is 10.1. The first-order valence-electron chi connectivity index (χ1n) is 10.2. The molecular formula is C26H22N4O2. The van der Waals surface area contributed by atoms with Crippen molar-refractivity contribution in [3.8, 4) is 17.5 Å². The predicted octanol–water partition coefficient (Wildman–Crippen LogP) is 4.75. The van der Waals surface area contributed by atoms with Gasteiger partial charge in [-0.15, -0.1) is 0 Å². The molecule has 0 radical (unpaired) electrons. The predicted molar refractivity (Wildman–Crippen MR) is 121 cm³/mol. The summed E-state index contributed by atoms with van der Waals surface area (Å²) in [5, 5.41) is 16.6. The summed E-state index contributed by atoms with van der Waals surface area (Å²) in [6, 6.07) is 27.5. The maximum Gasteiger partial charge on any atom is 0.252 e. The zero-order valence-corrected chi connectivity index (χ0v) is 17.6. The molecule has 0 aliphatic carbocycles. The highest BCUT2D eigenvalue weighted by molar-refractivity contribution is 5.94. The molecule has 6 heteroatoms. The smallest absolute Gasteiger partial charge is 0.252 e. The summed E-state index contributed by atoms with van der Waals surface area (Å²) in [6.07, 6.45) is 1.73. The Bertz CT molecular complexity index is 1220. The Labute approximate surface area is 186 Å². The number of nitrogens with zero attached hydrogens (tertiary/aromatic N) is 3. The van der Waals surface area contributed by atoms with E-state index in [1.807, 2.05) is 55.5 Å². The van der Waals surface area contributed by atoms with Crippen LogP contribution >= 0.6 is 0 Å². The molecule has 6 nitrogen and oxygen atoms in total. The van der Waals surface area contributed by atoms with Crippen LogP contribution in [0.15, 0.2) is 91.1 Å². The van der Waals surface area contributed by atoms with Crippen molar-refractivity contribution in [2.75, 3.05) is 0 Å². The van der Waals surface area contributed by atoms with E-state index in [1.54, 1.807) is 47.3 Å². The first-order chi connectivity index (χ1) is 15.6. The number of rotatable bonds is 7. The third-order valence-corrected chi connectivity index (χ3v) is 5.07. The monoisotopic (exact) mass is 422 g/mol. The first-order valence-corrected chi connectivity index (χ1v) is 10.2. The molecule has 32 heavy (non-hydrogen) atoms. The average Bonchev–Trinajstić information content (AvgIpc) is 3.28. The number of nitrogens with one attached hydrogen (secondary N) is 1. The summed E-state index contributed by atoms with van der Waals surface area (Å²) >= 11 is 0. The van der Waals surface area contributed by atoms with E-state index in [-0.39, 0.29) is 5.91 Å². The van der Waals surface area contributed by atoms with Gasteiger partial charge in [0.15, 0.2) is 0 Å². The van der Waals surface area contributed by atoms with Gasteiger partial charge in [-0.1, -0.05) is 42.5 Å². The molecule has 158 valence electrons. The van der Waals surface area contributed by atoms with Crippen LogP contribution in [-0.4, -0.2) is 15.7 Å². The van der Waals surface area contributed by atoms with Crippen LogP contribution in [0.4, 0.5) is 0 Å². The number of amides is 1. The zero-order valence-electron chi connectivity index (χ0n) is 17.6. The van der Waals surface area contributed by atoms with E-state index < -0.39 is 6.04 Å². The fourth-order valence-electron chi connectivity index (χ4n) is 3.30. The molecule has 0 saturated carbocycles. The van der Waals surface area contributed by atoms with Gasteiger partial charge in [-0.3, -0.25) is 4.79 Å². The largest absolute Gasteiger partial charge is 0.489 e. The van der Waals surface area contributed by atoms with E-state index in [4.69, 9.17) is 4.74 Å². The summed E-state index contributed by atoms with van der Waals surface area (Å²) < 4.78 is 7.58. The van der Waals surface area contributed by atoms with Crippen molar-refractivity contribution >= 4 is 5.91 Å². The van der Waals surface area contributed by atoms with E-state index in [0.29, 0.717) is 23.5 Å². The van der Waals surface area contributed by atoms with E-state index >= 15 is 0 Å². The van der Waals surface area contributed by atoms with Crippen molar-refractivity contribution in [3.05, 3.63) is 114 Å². The van der Waals surface area contributed by atoms with Crippen LogP contribution in [0.5, 0.6) is 5.75 Å². The van der Waals surface area contributed by atoms with Crippen molar-refractivity contribution in [3.63, 3.8) is 0 Å². The first kappa shape index (κ1) is 20.9. The molecule has 0 aliphatic heterocycles. The maximum absolute atomic E-state index is 12.7. The maximum atomic E-state index is 12.7. The molecule has 0 saturated heterocycles. The molecular weight excluding hydrogens is 400 g/mol. The second-order valence-electron chi connectivity index (χ2n) is 7.31. The summed E-state index contributed by atoms with van der Waals surface area (Å²) in [6.45, 7) is 2.43. The van der Waals surface area contributed by atoms with Gasteiger partial charge in [0.05, 0.1) is 11.8 Å². The van der Waals surface area contributed by atoms with E-state index in [2.05, 4.69) is 16.5 Å². The quantitative estimate of drug-likeness (QED) is 0.466. The van der Waals surface area contributed by atoms with Crippen LogP contribution in [0.3, 0.4) is 0 Å². The van der Waals surface area contributed by atoms with Crippen LogP contribution in [0.25, 0.3) is 5.69 Å². The lowest BCUT2D eigenvalue weighted by Crippen LogP contribution is -2.27. The number of hydrogen-bond acceptors (Lipinski definition) is 4. The van der Waals surface area contributed by atoms with Crippen molar-refractivity contribution in [2.45, 2.75) is 19.6 Å². The van der Waals surface area contributed by atoms with Gasteiger partial charge in [-0.2, -0.15) is 10.4 Å². The van der Waals surface area contributed by atoms with Crippen LogP contribution in [0.2, 0.25) is 0 Å². The SMILES string of the molecule is Cc1ccnn1-c1ccc(C(=O)NC(C#N)c2ccc(OCc3ccccc3)cc2)cc1. The molecule has 1 aromatic heterocycles. The zero-order chi connectivity index (χ0) is 22.3. The fraction of sp³-hybridized carbons (Fsp3) is 0.115. The molecule has 1 amide bonds. The third kappa shape index (κ3) is 4.85. The Morgan fingerprint density at radius 3 is 2.38 bits per heavy atom. The molecule has 4 rings (SSSR count). The Kier molecular flexibility index (Phi) is 6.28. The Morgan fingerprint density at radius 2 is 1.75 bits per heavy atom. The van der Waals surface area contributed by atoms with Crippen molar-refractivity contribution in [1.82, 2.24) is 15.1 Å². The summed E-state index contributed by atoms with van der Waals surface area (Å²) in [4.78, 5) is 12.7. The lowest BCUT2D eigenvalue weighted by molar-refractivity contribution is 0.0945. The van der Waals surface area contributed by atoms with Crippen molar-refractivity contribution < 1.29 is 9.53 Å². The number of hydrogen-bond donors (Lipinski definition) is 1. The number of aromatic nitrogens is 2. The summed E-state index contributed by atoms with van der Waals surface area (Å²) in [7, 11) is 0. The molecule has 1 heterocycles. The Morgan fingerprint density at radius 1 is 1.03 bits per heavy atom. The topological polar surface area (TPSA) is 79.9 Å². The Balaban J connectivity index is 1.39. The minimum Gasteiger partial charge on any atom is -0.489 e. The highest BCUT2D eigenvalue weighted by Crippen LogP contribution is 2.19. The number of nitriles is 1. The normalized spacial score (nSPS) is 11.4. The number of carbonyl (C=O) groups excluding carboxylic acids is 1. The molecule has 4 aromatic rings. The molecule has 1 atom stereocenters. The van der Waals surface area contributed by atoms with E-state index in [1.165, 1.54) is 0 Å². The van der Waals surface area contributed by atoms with Crippen LogP contribution in [-0.2, 0) is 6.61 Å². The van der Waals surface area contributed by atoms with Gasteiger partial charge < -0.3 is 10.1 Å². The molecule has 0 aliphatic rings. The Hall–Kier alpha value is -4.37. The molecule has 1 unspecified atom stereocenters. The van der Waals surface area contributed by atoms with Gasteiger partial charge >= 0.3 is 0 Å². The second-order valence-corrected chi connectivity index (χ2v) is 7.31. The highest BCUT2D eigenvalue weighted by Gasteiger charge is 2.15. The number of ether oxygens (including phenoxy) is 1. The van der Waals surface area contributed by atoms with Crippen molar-refractivity contribution in [2.24, 2.45) is 0 Å². The van der Waals surface area contributed by atoms with Gasteiger partial charge in [-0.05, 0) is 60.5 Å². The fourth-order valence-corrected chi connectivity index (χ4v) is 3.30. The van der Waals surface area contributed by atoms with E-state index in [0.717, 1.165) is 16.9 Å². The summed E-state index contributed by atoms with van der Waals surface area (Å²) in [5.74, 6) is 0.384. The van der Waals surface area contributed by atoms with E-state index in [9.17, 15) is 10.1 Å². The molecule has 3 aromatic carbocycles. The van der Waals surface area contributed by atoms with Crippen LogP contribution < -0.4 is 10.1 Å². The molecule has 0 fully saturated rings. The average molecular weight is 422 g/mol. The number of carbonyl (C=O) groups is 1. The van der Waals surface area contributed by atoms with Gasteiger partial charge in [0.2, 0.25) is 0 Å². The second kappa shape index (κ2) is 9.63. The van der Waals surface area contributed by atoms with Gasteiger partial charge in [-0.25, -0.2) is 4.68 Å². The lowest BCUT2D eigenvalue weighted by Gasteiger charge is -2.13. The standard InChI is InChI=1S/C26H22N4O2/c1-19-15-16-28-30(19)23-11-7-22(8-12-23)26(31)29-25(17-27)21-9-13-24(14-10-21)32-18-20-5-3-2-4-6-20/h2-16,25H,18H2,1H3,(H,29,31). The molecule has 0 bridgehead atoms. The van der Waals surface area contributed by atoms with Crippen molar-refractivity contribution in [1.29, 1.82) is 5.26 Å². The number of aryl methyl sites for hydroxylation is 1. The van der Waals surface area contributed by atoms with Gasteiger partial charge in [0.25, 0.3) is 5.91 Å². The summed E-state index contributed by atoms with van der Waals surface area (Å²) in [5.41, 5.74) is 4.11. The van der Waals surface area contributed by atoms with Crippen LogP contribution in [0.1, 0.15) is 33.2 Å². The number of benzene rings is 3. The van der Waals surface area contributed by atoms with Gasteiger partial charge in [0.1, 0.15) is 18.4 Å². The minimum absolute atomic E-state index is 0.315. The third-order valence-electron chi connectivity index (χ3n) is 5.07. The highest BCUT2D eigenvalue weighted by atomic mass is 16.5. The van der Waals surface area contributed by atoms with Gasteiger partial charge in [0, 0.05) is 17.5 Å². The molecule has 0 spiro atoms. The minimum atomic E-state index is -0.765. The van der Waals surface area contributed by atoms with Crippen LogP contribution in [0, 0.1) is 18.3 Å².